The first-order valence-corrected chi connectivity index (χ1v) is 10.4. The number of furan rings is 1. The number of hydrogen-bond acceptors (Lipinski definition) is 5. The van der Waals surface area contributed by atoms with Gasteiger partial charge in [-0.3, -0.25) is 0 Å². The molecule has 6 heteroatoms. The topological polar surface area (TPSA) is 88.2 Å². The lowest BCUT2D eigenvalue weighted by atomic mass is 10.0. The van der Waals surface area contributed by atoms with Gasteiger partial charge in [0.1, 0.15) is 11.1 Å². The number of fused-ring (bicyclic) bond motifs is 3. The third-order valence-corrected chi connectivity index (χ3v) is 5.61. The van der Waals surface area contributed by atoms with E-state index in [4.69, 9.17) is 4.42 Å². The Morgan fingerprint density at radius 3 is 2.56 bits per heavy atom. The molecule has 1 atom stereocenters. The van der Waals surface area contributed by atoms with Crippen LogP contribution in [0.2, 0.25) is 0 Å². The van der Waals surface area contributed by atoms with Crippen molar-refractivity contribution in [2.75, 3.05) is 5.32 Å². The maximum atomic E-state index is 11.6. The summed E-state index contributed by atoms with van der Waals surface area (Å²) in [6.45, 7) is 4.01. The van der Waals surface area contributed by atoms with Crippen LogP contribution >= 0.6 is 0 Å². The van der Waals surface area contributed by atoms with Crippen LogP contribution in [0.1, 0.15) is 34.5 Å². The molecule has 0 amide bonds. The first kappa shape index (κ1) is 19.8. The van der Waals surface area contributed by atoms with E-state index in [2.05, 4.69) is 21.6 Å². The van der Waals surface area contributed by atoms with Crippen LogP contribution < -0.4 is 5.32 Å². The maximum Gasteiger partial charge on any atom is 0.337 e. The summed E-state index contributed by atoms with van der Waals surface area (Å²) in [6.07, 6.45) is 1.72. The van der Waals surface area contributed by atoms with E-state index in [1.54, 1.807) is 24.4 Å². The molecule has 0 aliphatic carbocycles. The molecule has 0 fully saturated rings. The van der Waals surface area contributed by atoms with Crippen LogP contribution in [0.5, 0.6) is 0 Å². The number of carbonyl (C=O) groups is 1. The number of para-hydroxylation sites is 1. The highest BCUT2D eigenvalue weighted by Gasteiger charge is 2.21. The van der Waals surface area contributed by atoms with E-state index < -0.39 is 5.97 Å². The molecule has 0 aliphatic rings. The molecule has 0 bridgehead atoms. The average Bonchev–Trinajstić information content (AvgIpc) is 3.18. The lowest BCUT2D eigenvalue weighted by Crippen LogP contribution is -2.11. The normalized spacial score (nSPS) is 12.2. The second kappa shape index (κ2) is 7.81. The third-order valence-electron chi connectivity index (χ3n) is 5.61. The smallest absolute Gasteiger partial charge is 0.337 e. The molecule has 32 heavy (non-hydrogen) atoms. The highest BCUT2D eigenvalue weighted by Crippen LogP contribution is 2.38. The predicted octanol–water partition coefficient (Wildman–Crippen LogP) is 6.22. The van der Waals surface area contributed by atoms with Crippen molar-refractivity contribution in [3.05, 3.63) is 89.6 Å². The molecule has 5 aromatic rings. The Kier molecular flexibility index (Phi) is 4.82. The Balaban J connectivity index is 1.67. The van der Waals surface area contributed by atoms with Crippen molar-refractivity contribution in [2.45, 2.75) is 19.9 Å². The minimum absolute atomic E-state index is 0.202. The molecule has 0 saturated carbocycles. The van der Waals surface area contributed by atoms with Crippen LogP contribution in [0.25, 0.3) is 33.2 Å². The van der Waals surface area contributed by atoms with Gasteiger partial charge in [-0.2, -0.15) is 5.10 Å². The van der Waals surface area contributed by atoms with Crippen LogP contribution in [0.15, 0.2) is 77.3 Å². The van der Waals surface area contributed by atoms with Crippen LogP contribution in [-0.4, -0.2) is 21.3 Å². The molecule has 2 N–H and O–H groups in total. The Labute approximate surface area is 184 Å². The van der Waals surface area contributed by atoms with Gasteiger partial charge >= 0.3 is 5.97 Å². The van der Waals surface area contributed by atoms with Crippen molar-refractivity contribution in [1.82, 2.24) is 10.2 Å². The predicted molar refractivity (Wildman–Crippen MR) is 125 cm³/mol. The summed E-state index contributed by atoms with van der Waals surface area (Å²) in [5.41, 5.74) is 6.78. The number of hydrogen-bond donors (Lipinski definition) is 2. The molecule has 0 saturated heterocycles. The summed E-state index contributed by atoms with van der Waals surface area (Å²) in [7, 11) is 0. The number of benzene rings is 3. The largest absolute Gasteiger partial charge is 0.478 e. The molecule has 2 aromatic heterocycles. The molecular formula is C26H21N3O3. The number of carboxylic acid groups (broad SMARTS) is 1. The van der Waals surface area contributed by atoms with Crippen molar-refractivity contribution in [3.8, 4) is 11.1 Å². The zero-order chi connectivity index (χ0) is 22.2. The number of nitrogens with one attached hydrogen (secondary N) is 1. The highest BCUT2D eigenvalue weighted by atomic mass is 16.4. The van der Waals surface area contributed by atoms with E-state index in [1.165, 1.54) is 0 Å². The van der Waals surface area contributed by atoms with Crippen molar-refractivity contribution in [1.29, 1.82) is 0 Å². The van der Waals surface area contributed by atoms with Gasteiger partial charge in [-0.25, -0.2) is 4.79 Å². The second-order valence-corrected chi connectivity index (χ2v) is 7.85. The van der Waals surface area contributed by atoms with E-state index in [1.807, 2.05) is 56.3 Å². The van der Waals surface area contributed by atoms with E-state index in [0.29, 0.717) is 16.8 Å². The van der Waals surface area contributed by atoms with Crippen molar-refractivity contribution >= 4 is 33.7 Å². The summed E-state index contributed by atoms with van der Waals surface area (Å²) in [6, 6.07) is 20.8. The molecule has 0 unspecified atom stereocenters. The van der Waals surface area contributed by atoms with Gasteiger partial charge in [0.05, 0.1) is 17.8 Å². The number of rotatable bonds is 5. The molecule has 6 nitrogen and oxygen atoms in total. The molecular weight excluding hydrogens is 402 g/mol. The standard InChI is InChI=1S/C26H21N3O3/c1-15-12-19(16(2)28-22-11-7-6-10-18(22)26(30)31)24-20(13-15)23-25(32-24)21(14-27-29-23)17-8-4-3-5-9-17/h3-14,16,28H,1-2H3,(H,30,31)/t16-/m1/s1. The van der Waals surface area contributed by atoms with Crippen molar-refractivity contribution < 1.29 is 14.3 Å². The Morgan fingerprint density at radius 1 is 1.03 bits per heavy atom. The first-order valence-electron chi connectivity index (χ1n) is 10.4. The van der Waals surface area contributed by atoms with Gasteiger partial charge in [0.15, 0.2) is 5.58 Å². The van der Waals surface area contributed by atoms with E-state index >= 15 is 0 Å². The van der Waals surface area contributed by atoms with Gasteiger partial charge in [0.25, 0.3) is 0 Å². The molecule has 0 aliphatic heterocycles. The zero-order valence-electron chi connectivity index (χ0n) is 17.7. The van der Waals surface area contributed by atoms with E-state index in [-0.39, 0.29) is 11.6 Å². The van der Waals surface area contributed by atoms with Gasteiger partial charge in [0, 0.05) is 22.2 Å². The SMILES string of the molecule is Cc1cc([C@@H](C)Nc2ccccc2C(=O)O)c2oc3c(-c4ccccc4)cnnc3c2c1. The van der Waals surface area contributed by atoms with Gasteiger partial charge < -0.3 is 14.8 Å². The summed E-state index contributed by atoms with van der Waals surface area (Å²) in [5.74, 6) is -0.971. The lowest BCUT2D eigenvalue weighted by molar-refractivity contribution is 0.0698. The van der Waals surface area contributed by atoms with Gasteiger partial charge in [-0.05, 0) is 43.2 Å². The highest BCUT2D eigenvalue weighted by molar-refractivity contribution is 6.08. The minimum atomic E-state index is -0.971. The quantitative estimate of drug-likeness (QED) is 0.349. The fourth-order valence-electron chi connectivity index (χ4n) is 4.10. The van der Waals surface area contributed by atoms with Gasteiger partial charge in [-0.1, -0.05) is 48.5 Å². The number of anilines is 1. The molecule has 2 heterocycles. The number of carboxylic acids is 1. The summed E-state index contributed by atoms with van der Waals surface area (Å²) in [4.78, 5) is 11.6. The lowest BCUT2D eigenvalue weighted by Gasteiger charge is -2.18. The third kappa shape index (κ3) is 3.36. The number of aryl methyl sites for hydroxylation is 1. The molecule has 158 valence electrons. The second-order valence-electron chi connectivity index (χ2n) is 7.85. The van der Waals surface area contributed by atoms with Crippen LogP contribution in [0.4, 0.5) is 5.69 Å². The summed E-state index contributed by atoms with van der Waals surface area (Å²) >= 11 is 0. The monoisotopic (exact) mass is 423 g/mol. The fraction of sp³-hybridized carbons (Fsp3) is 0.115. The molecule has 5 rings (SSSR count). The van der Waals surface area contributed by atoms with E-state index in [9.17, 15) is 9.90 Å². The van der Waals surface area contributed by atoms with Gasteiger partial charge in [-0.15, -0.1) is 5.10 Å². The number of aromatic carboxylic acids is 1. The van der Waals surface area contributed by atoms with Crippen LogP contribution in [0.3, 0.4) is 0 Å². The fourth-order valence-corrected chi connectivity index (χ4v) is 4.10. The first-order chi connectivity index (χ1) is 15.5. The number of aromatic nitrogens is 2. The summed E-state index contributed by atoms with van der Waals surface area (Å²) < 4.78 is 6.40. The van der Waals surface area contributed by atoms with Crippen molar-refractivity contribution in [2.24, 2.45) is 0 Å². The zero-order valence-corrected chi connectivity index (χ0v) is 17.7. The van der Waals surface area contributed by atoms with Gasteiger partial charge in [0.2, 0.25) is 0 Å². The van der Waals surface area contributed by atoms with Crippen LogP contribution in [-0.2, 0) is 0 Å². The summed E-state index contributed by atoms with van der Waals surface area (Å²) in [5, 5.41) is 22.4. The number of nitrogens with zero attached hydrogens (tertiary/aromatic N) is 2. The molecule has 0 radical (unpaired) electrons. The Morgan fingerprint density at radius 2 is 1.78 bits per heavy atom. The Bertz CT molecular complexity index is 1460. The molecule has 3 aromatic carbocycles. The molecule has 0 spiro atoms. The van der Waals surface area contributed by atoms with Crippen molar-refractivity contribution in [3.63, 3.8) is 0 Å². The Hall–Kier alpha value is -4.19. The van der Waals surface area contributed by atoms with Crippen LogP contribution in [0, 0.1) is 6.92 Å². The maximum absolute atomic E-state index is 11.6. The van der Waals surface area contributed by atoms with E-state index in [0.717, 1.165) is 33.2 Å². The minimum Gasteiger partial charge on any atom is -0.478 e. The average molecular weight is 423 g/mol.